The lowest BCUT2D eigenvalue weighted by atomic mass is 10.4. The van der Waals surface area contributed by atoms with Crippen LogP contribution in [-0.4, -0.2) is 51.7 Å². The second kappa shape index (κ2) is 9.67. The van der Waals surface area contributed by atoms with Crippen LogP contribution in [0.15, 0.2) is 33.2 Å². The highest BCUT2D eigenvalue weighted by Gasteiger charge is 2.10. The number of guanidine groups is 1. The van der Waals surface area contributed by atoms with Gasteiger partial charge in [0.1, 0.15) is 5.82 Å². The molecule has 0 fully saturated rings. The monoisotopic (exact) mass is 487 g/mol. The number of furan rings is 1. The molecule has 8 nitrogen and oxygen atoms in total. The van der Waals surface area contributed by atoms with Gasteiger partial charge in [0.25, 0.3) is 0 Å². The fraction of sp³-hybridized carbons (Fsp3) is 0.375. The fourth-order valence-corrected chi connectivity index (χ4v) is 3.00. The molecule has 0 aliphatic rings. The van der Waals surface area contributed by atoms with Crippen LogP contribution in [0.25, 0.3) is 11.6 Å². The Kier molecular flexibility index (Phi) is 7.57. The molecule has 0 bridgehead atoms. The van der Waals surface area contributed by atoms with Gasteiger partial charge in [0.05, 0.1) is 23.5 Å². The maximum absolute atomic E-state index is 5.29. The summed E-state index contributed by atoms with van der Waals surface area (Å²) in [5, 5.41) is 13.6. The molecule has 26 heavy (non-hydrogen) atoms. The van der Waals surface area contributed by atoms with Crippen molar-refractivity contribution in [1.29, 1.82) is 0 Å². The van der Waals surface area contributed by atoms with Crippen molar-refractivity contribution in [3.05, 3.63) is 40.3 Å². The van der Waals surface area contributed by atoms with Crippen molar-refractivity contribution in [3.63, 3.8) is 0 Å². The van der Waals surface area contributed by atoms with Gasteiger partial charge in [-0.2, -0.15) is 5.10 Å². The van der Waals surface area contributed by atoms with Gasteiger partial charge >= 0.3 is 0 Å². The normalized spacial score (nSPS) is 11.3. The molecule has 0 aliphatic heterocycles. The number of hydrogen-bond donors (Lipinski definition) is 2. The first-order valence-corrected chi connectivity index (χ1v) is 8.81. The number of aromatic amines is 1. The molecule has 0 unspecified atom stereocenters. The second-order valence-corrected chi connectivity index (χ2v) is 6.58. The third-order valence-corrected chi connectivity index (χ3v) is 4.38. The zero-order chi connectivity index (χ0) is 17.6. The minimum Gasteiger partial charge on any atom is -0.461 e. The fourth-order valence-electron chi connectivity index (χ4n) is 2.40. The van der Waals surface area contributed by atoms with Gasteiger partial charge in [-0.3, -0.25) is 10.1 Å². The van der Waals surface area contributed by atoms with E-state index in [0.29, 0.717) is 24.6 Å². The Morgan fingerprint density at radius 1 is 1.42 bits per heavy atom. The van der Waals surface area contributed by atoms with Crippen molar-refractivity contribution < 1.29 is 4.42 Å². The average molecular weight is 487 g/mol. The molecule has 10 heteroatoms. The number of thiazole rings is 1. The van der Waals surface area contributed by atoms with Crippen molar-refractivity contribution >= 4 is 41.3 Å². The van der Waals surface area contributed by atoms with Crippen LogP contribution >= 0.6 is 35.3 Å². The molecule has 2 N–H and O–H groups in total. The van der Waals surface area contributed by atoms with Crippen LogP contribution < -0.4 is 5.32 Å². The van der Waals surface area contributed by atoms with Crippen LogP contribution in [0, 0.1) is 6.92 Å². The van der Waals surface area contributed by atoms with E-state index >= 15 is 0 Å². The van der Waals surface area contributed by atoms with Crippen molar-refractivity contribution in [3.8, 4) is 11.6 Å². The number of nitrogens with zero attached hydrogens (tertiary/aromatic N) is 5. The first-order valence-electron chi connectivity index (χ1n) is 7.93. The lowest BCUT2D eigenvalue weighted by Gasteiger charge is -2.21. The Morgan fingerprint density at radius 2 is 2.27 bits per heavy atom. The van der Waals surface area contributed by atoms with Gasteiger partial charge in [0, 0.05) is 32.4 Å². The predicted octanol–water partition coefficient (Wildman–Crippen LogP) is 2.70. The number of aryl methyl sites for hydroxylation is 1. The zero-order valence-corrected chi connectivity index (χ0v) is 18.0. The van der Waals surface area contributed by atoms with Gasteiger partial charge in [-0.25, -0.2) is 9.97 Å². The summed E-state index contributed by atoms with van der Waals surface area (Å²) >= 11 is 1.66. The molecule has 0 radical (unpaired) electrons. The minimum absolute atomic E-state index is 0. The molecule has 140 valence electrons. The Morgan fingerprint density at radius 3 is 2.92 bits per heavy atom. The molecule has 0 spiro atoms. The number of halogens is 1. The maximum atomic E-state index is 5.29. The molecule has 3 aromatic rings. The van der Waals surface area contributed by atoms with Gasteiger partial charge in [-0.15, -0.1) is 35.3 Å². The summed E-state index contributed by atoms with van der Waals surface area (Å²) in [5.41, 5.74) is 1.05. The smallest absolute Gasteiger partial charge is 0.216 e. The molecule has 0 saturated heterocycles. The van der Waals surface area contributed by atoms with Crippen molar-refractivity contribution in [2.45, 2.75) is 19.9 Å². The minimum atomic E-state index is 0. The molecule has 3 heterocycles. The summed E-state index contributed by atoms with van der Waals surface area (Å²) in [6, 6.07) is 3.65. The number of rotatable bonds is 6. The van der Waals surface area contributed by atoms with E-state index in [2.05, 4.69) is 35.9 Å². The zero-order valence-electron chi connectivity index (χ0n) is 14.9. The van der Waals surface area contributed by atoms with Crippen LogP contribution in [0.5, 0.6) is 0 Å². The molecule has 0 atom stereocenters. The summed E-state index contributed by atoms with van der Waals surface area (Å²) in [5.74, 6) is 2.84. The third kappa shape index (κ3) is 5.27. The first-order chi connectivity index (χ1) is 12.2. The van der Waals surface area contributed by atoms with Crippen LogP contribution in [0.3, 0.4) is 0 Å². The highest BCUT2D eigenvalue weighted by atomic mass is 127. The number of H-pyrrole nitrogens is 1. The summed E-state index contributed by atoms with van der Waals surface area (Å²) in [6.45, 7) is 3.42. The highest BCUT2D eigenvalue weighted by Crippen LogP contribution is 2.14. The molecule has 3 rings (SSSR count). The molecule has 0 saturated carbocycles. The Balaban J connectivity index is 0.00000243. The van der Waals surface area contributed by atoms with Crippen molar-refractivity contribution in [2.24, 2.45) is 4.99 Å². The predicted molar refractivity (Wildman–Crippen MR) is 113 cm³/mol. The van der Waals surface area contributed by atoms with E-state index in [-0.39, 0.29) is 24.0 Å². The highest BCUT2D eigenvalue weighted by molar-refractivity contribution is 14.0. The second-order valence-electron chi connectivity index (χ2n) is 5.52. The van der Waals surface area contributed by atoms with Crippen LogP contribution in [0.4, 0.5) is 0 Å². The van der Waals surface area contributed by atoms with E-state index in [0.717, 1.165) is 29.0 Å². The van der Waals surface area contributed by atoms with E-state index in [9.17, 15) is 0 Å². The van der Waals surface area contributed by atoms with Crippen molar-refractivity contribution in [2.75, 3.05) is 20.6 Å². The Hall–Kier alpha value is -1.95. The van der Waals surface area contributed by atoms with Crippen LogP contribution in [-0.2, 0) is 13.0 Å². The molecule has 3 aromatic heterocycles. The van der Waals surface area contributed by atoms with E-state index in [1.54, 1.807) is 24.6 Å². The summed E-state index contributed by atoms with van der Waals surface area (Å²) < 4.78 is 5.29. The third-order valence-electron chi connectivity index (χ3n) is 3.56. The largest absolute Gasteiger partial charge is 0.461 e. The van der Waals surface area contributed by atoms with Gasteiger partial charge < -0.3 is 14.6 Å². The Labute approximate surface area is 173 Å². The standard InChI is InChI=1S/C16H21N7OS.HI/c1-11-19-12(10-25-11)9-23(3)16(17-2)18-7-6-14-20-15(22-21-14)13-5-4-8-24-13;/h4-5,8,10H,6-7,9H2,1-3H3,(H,17,18)(H,20,21,22);1H. The van der Waals surface area contributed by atoms with Gasteiger partial charge in [0.2, 0.25) is 5.82 Å². The van der Waals surface area contributed by atoms with E-state index in [1.807, 2.05) is 31.0 Å². The van der Waals surface area contributed by atoms with Gasteiger partial charge in [-0.1, -0.05) is 0 Å². The summed E-state index contributed by atoms with van der Waals surface area (Å²) in [6.07, 6.45) is 2.31. The maximum Gasteiger partial charge on any atom is 0.216 e. The van der Waals surface area contributed by atoms with E-state index in [4.69, 9.17) is 4.42 Å². The van der Waals surface area contributed by atoms with Crippen LogP contribution in [0.2, 0.25) is 0 Å². The summed E-state index contributed by atoms with van der Waals surface area (Å²) in [7, 11) is 3.77. The lowest BCUT2D eigenvalue weighted by Crippen LogP contribution is -2.39. The molecular formula is C16H22IN7OS. The van der Waals surface area contributed by atoms with Gasteiger partial charge in [-0.05, 0) is 19.1 Å². The number of hydrogen-bond acceptors (Lipinski definition) is 6. The van der Waals surface area contributed by atoms with Crippen LogP contribution in [0.1, 0.15) is 16.5 Å². The SMILES string of the molecule is CN=C(NCCc1nc(-c2ccco2)n[nH]1)N(C)Cc1csc(C)n1.I. The molecule has 0 aromatic carbocycles. The lowest BCUT2D eigenvalue weighted by molar-refractivity contribution is 0.471. The quantitative estimate of drug-likeness (QED) is 0.316. The first kappa shape index (κ1) is 20.4. The molecular weight excluding hydrogens is 465 g/mol. The number of aliphatic imine (C=N–C) groups is 1. The average Bonchev–Trinajstić information content (AvgIpc) is 3.33. The van der Waals surface area contributed by atoms with Gasteiger partial charge in [0.15, 0.2) is 11.7 Å². The number of aromatic nitrogens is 4. The Bertz CT molecular complexity index is 827. The molecule has 0 amide bonds. The topological polar surface area (TPSA) is 95.2 Å². The van der Waals surface area contributed by atoms with E-state index in [1.165, 1.54) is 0 Å². The summed E-state index contributed by atoms with van der Waals surface area (Å²) in [4.78, 5) is 15.3. The number of nitrogens with one attached hydrogen (secondary N) is 2. The molecule has 0 aliphatic carbocycles. The van der Waals surface area contributed by atoms with Crippen molar-refractivity contribution in [1.82, 2.24) is 30.4 Å². The van der Waals surface area contributed by atoms with E-state index < -0.39 is 0 Å².